The summed E-state index contributed by atoms with van der Waals surface area (Å²) in [7, 11) is 3.17. The average Bonchev–Trinajstić information content (AvgIpc) is 2.54. The molecule has 2 aromatic carbocycles. The monoisotopic (exact) mass is 312 g/mol. The second-order valence-corrected chi connectivity index (χ2v) is 5.96. The van der Waals surface area contributed by atoms with Crippen LogP contribution in [0.25, 0.3) is 5.57 Å². The SMILES string of the molecule is COc1ccccc1C1=CC(C)(C)Oc2c1ccc(OC)c2O. The topological polar surface area (TPSA) is 47.9 Å². The highest BCUT2D eigenvalue weighted by Crippen LogP contribution is 2.49. The lowest BCUT2D eigenvalue weighted by atomic mass is 9.89. The van der Waals surface area contributed by atoms with Crippen molar-refractivity contribution in [1.82, 2.24) is 0 Å². The fourth-order valence-corrected chi connectivity index (χ4v) is 2.84. The second kappa shape index (κ2) is 5.54. The number of ether oxygens (including phenoxy) is 3. The Hall–Kier alpha value is -2.62. The van der Waals surface area contributed by atoms with Gasteiger partial charge >= 0.3 is 0 Å². The Morgan fingerprint density at radius 3 is 2.30 bits per heavy atom. The molecule has 4 nitrogen and oxygen atoms in total. The predicted octanol–water partition coefficient (Wildman–Crippen LogP) is 4.01. The van der Waals surface area contributed by atoms with Gasteiger partial charge < -0.3 is 19.3 Å². The summed E-state index contributed by atoms with van der Waals surface area (Å²) in [5.74, 6) is 1.61. The number of hydrogen-bond acceptors (Lipinski definition) is 4. The van der Waals surface area contributed by atoms with Crippen molar-refractivity contribution in [2.24, 2.45) is 0 Å². The molecule has 1 aliphatic rings. The minimum atomic E-state index is -0.562. The molecule has 0 fully saturated rings. The Morgan fingerprint density at radius 1 is 0.913 bits per heavy atom. The van der Waals surface area contributed by atoms with Gasteiger partial charge in [0.25, 0.3) is 0 Å². The molecule has 3 rings (SSSR count). The molecule has 0 saturated heterocycles. The fraction of sp³-hybridized carbons (Fsp3) is 0.263. The Morgan fingerprint density at radius 2 is 1.61 bits per heavy atom. The highest BCUT2D eigenvalue weighted by Gasteiger charge is 2.31. The van der Waals surface area contributed by atoms with Crippen LogP contribution in [0.2, 0.25) is 0 Å². The zero-order valence-corrected chi connectivity index (χ0v) is 13.7. The van der Waals surface area contributed by atoms with E-state index >= 15 is 0 Å². The van der Waals surface area contributed by atoms with E-state index < -0.39 is 5.60 Å². The van der Waals surface area contributed by atoms with Crippen LogP contribution in [0, 0.1) is 0 Å². The molecule has 0 saturated carbocycles. The standard InChI is InChI=1S/C19H20O4/c1-19(2)11-14(12-7-5-6-8-15(12)21-3)13-9-10-16(22-4)17(20)18(13)23-19/h5-11,20H,1-4H3. The third-order valence-electron chi connectivity index (χ3n) is 3.86. The van der Waals surface area contributed by atoms with Crippen molar-refractivity contribution >= 4 is 5.57 Å². The van der Waals surface area contributed by atoms with Crippen molar-refractivity contribution < 1.29 is 19.3 Å². The molecule has 120 valence electrons. The molecular weight excluding hydrogens is 292 g/mol. The number of aromatic hydroxyl groups is 1. The number of benzene rings is 2. The summed E-state index contributed by atoms with van der Waals surface area (Å²) in [6, 6.07) is 11.4. The van der Waals surface area contributed by atoms with Gasteiger partial charge in [-0.25, -0.2) is 0 Å². The third kappa shape index (κ3) is 2.61. The van der Waals surface area contributed by atoms with E-state index in [2.05, 4.69) is 0 Å². The molecule has 1 aliphatic heterocycles. The van der Waals surface area contributed by atoms with Crippen LogP contribution < -0.4 is 14.2 Å². The van der Waals surface area contributed by atoms with Crippen molar-refractivity contribution in [3.63, 3.8) is 0 Å². The van der Waals surface area contributed by atoms with Crippen molar-refractivity contribution in [3.8, 4) is 23.0 Å². The maximum atomic E-state index is 10.4. The first-order valence-electron chi connectivity index (χ1n) is 7.42. The lowest BCUT2D eigenvalue weighted by molar-refractivity contribution is 0.150. The molecule has 0 aliphatic carbocycles. The molecule has 0 unspecified atom stereocenters. The number of methoxy groups -OCH3 is 2. The van der Waals surface area contributed by atoms with Crippen molar-refractivity contribution in [2.45, 2.75) is 19.4 Å². The Kier molecular flexibility index (Phi) is 3.68. The third-order valence-corrected chi connectivity index (χ3v) is 3.86. The summed E-state index contributed by atoms with van der Waals surface area (Å²) < 4.78 is 16.6. The first kappa shape index (κ1) is 15.3. The quantitative estimate of drug-likeness (QED) is 0.930. The number of hydrogen-bond donors (Lipinski definition) is 1. The highest BCUT2D eigenvalue weighted by molar-refractivity contribution is 5.88. The van der Waals surface area contributed by atoms with Gasteiger partial charge in [-0.3, -0.25) is 0 Å². The molecule has 0 radical (unpaired) electrons. The average molecular weight is 312 g/mol. The van der Waals surface area contributed by atoms with Gasteiger partial charge in [-0.15, -0.1) is 0 Å². The highest BCUT2D eigenvalue weighted by atomic mass is 16.5. The van der Waals surface area contributed by atoms with Gasteiger partial charge in [0.05, 0.1) is 14.2 Å². The van der Waals surface area contributed by atoms with Crippen molar-refractivity contribution in [1.29, 1.82) is 0 Å². The van der Waals surface area contributed by atoms with Crippen LogP contribution >= 0.6 is 0 Å². The normalized spacial score (nSPS) is 15.2. The largest absolute Gasteiger partial charge is 0.502 e. The van der Waals surface area contributed by atoms with Crippen LogP contribution in [-0.2, 0) is 0 Å². The molecule has 0 aromatic heterocycles. The van der Waals surface area contributed by atoms with Crippen LogP contribution in [0.3, 0.4) is 0 Å². The molecule has 2 aromatic rings. The summed E-state index contributed by atoms with van der Waals surface area (Å²) in [4.78, 5) is 0. The number of para-hydroxylation sites is 1. The summed E-state index contributed by atoms with van der Waals surface area (Å²) in [6.45, 7) is 3.90. The number of fused-ring (bicyclic) bond motifs is 1. The molecule has 0 bridgehead atoms. The number of phenolic OH excluding ortho intramolecular Hbond substituents is 1. The lowest BCUT2D eigenvalue weighted by Crippen LogP contribution is -2.29. The molecular formula is C19H20O4. The molecule has 0 spiro atoms. The number of rotatable bonds is 3. The maximum absolute atomic E-state index is 10.4. The van der Waals surface area contributed by atoms with Gasteiger partial charge in [-0.05, 0) is 43.7 Å². The summed E-state index contributed by atoms with van der Waals surface area (Å²) in [6.07, 6.45) is 2.04. The second-order valence-electron chi connectivity index (χ2n) is 5.96. The minimum absolute atomic E-state index is 0.0126. The van der Waals surface area contributed by atoms with Crippen LogP contribution in [0.4, 0.5) is 0 Å². The van der Waals surface area contributed by atoms with Crippen LogP contribution in [-0.4, -0.2) is 24.9 Å². The fourth-order valence-electron chi connectivity index (χ4n) is 2.84. The van der Waals surface area contributed by atoms with Gasteiger partial charge in [0.15, 0.2) is 11.5 Å². The van der Waals surface area contributed by atoms with E-state index in [0.29, 0.717) is 11.5 Å². The molecule has 1 N–H and O–H groups in total. The molecule has 0 amide bonds. The Bertz CT molecular complexity index is 775. The van der Waals surface area contributed by atoms with E-state index in [-0.39, 0.29) is 5.75 Å². The van der Waals surface area contributed by atoms with Crippen molar-refractivity contribution in [3.05, 3.63) is 53.6 Å². The predicted molar refractivity (Wildman–Crippen MR) is 89.4 cm³/mol. The summed E-state index contributed by atoms with van der Waals surface area (Å²) in [5, 5.41) is 10.4. The first-order valence-corrected chi connectivity index (χ1v) is 7.42. The van der Waals surface area contributed by atoms with Crippen LogP contribution in [0.15, 0.2) is 42.5 Å². The van der Waals surface area contributed by atoms with Crippen LogP contribution in [0.5, 0.6) is 23.0 Å². The molecule has 4 heteroatoms. The molecule has 23 heavy (non-hydrogen) atoms. The van der Waals surface area contributed by atoms with E-state index in [9.17, 15) is 5.11 Å². The summed E-state index contributed by atoms with van der Waals surface area (Å²) in [5.41, 5.74) is 2.17. The zero-order valence-electron chi connectivity index (χ0n) is 13.7. The Balaban J connectivity index is 2.26. The van der Waals surface area contributed by atoms with E-state index in [4.69, 9.17) is 14.2 Å². The first-order chi connectivity index (χ1) is 11.0. The van der Waals surface area contributed by atoms with Gasteiger partial charge in [0.2, 0.25) is 5.75 Å². The van der Waals surface area contributed by atoms with E-state index in [0.717, 1.165) is 22.4 Å². The van der Waals surface area contributed by atoms with E-state index in [1.807, 2.05) is 50.3 Å². The van der Waals surface area contributed by atoms with Crippen molar-refractivity contribution in [2.75, 3.05) is 14.2 Å². The lowest BCUT2D eigenvalue weighted by Gasteiger charge is -2.32. The Labute approximate surface area is 135 Å². The van der Waals surface area contributed by atoms with Crippen LogP contribution in [0.1, 0.15) is 25.0 Å². The van der Waals surface area contributed by atoms with E-state index in [1.54, 1.807) is 13.2 Å². The smallest absolute Gasteiger partial charge is 0.201 e. The van der Waals surface area contributed by atoms with E-state index in [1.165, 1.54) is 7.11 Å². The van der Waals surface area contributed by atoms with Gasteiger partial charge in [0, 0.05) is 11.1 Å². The van der Waals surface area contributed by atoms with Gasteiger partial charge in [0.1, 0.15) is 11.4 Å². The maximum Gasteiger partial charge on any atom is 0.201 e. The minimum Gasteiger partial charge on any atom is -0.502 e. The van der Waals surface area contributed by atoms with Gasteiger partial charge in [-0.2, -0.15) is 0 Å². The molecule has 0 atom stereocenters. The zero-order chi connectivity index (χ0) is 16.6. The van der Waals surface area contributed by atoms with Gasteiger partial charge in [-0.1, -0.05) is 18.2 Å². The molecule has 1 heterocycles. The number of phenols is 1. The summed E-state index contributed by atoms with van der Waals surface area (Å²) >= 11 is 0.